The highest BCUT2D eigenvalue weighted by atomic mass is 16.7. The maximum absolute atomic E-state index is 12.0. The number of ether oxygens (including phenoxy) is 4. The Morgan fingerprint density at radius 1 is 0.963 bits per heavy atom. The number of carbonyl (C=O) groups excluding carboxylic acids is 2. The lowest BCUT2D eigenvalue weighted by Crippen LogP contribution is -2.32. The van der Waals surface area contributed by atoms with Gasteiger partial charge in [0.05, 0.1) is 37.0 Å². The summed E-state index contributed by atoms with van der Waals surface area (Å²) in [5, 5.41) is 17.8. The van der Waals surface area contributed by atoms with Gasteiger partial charge in [0, 0.05) is 0 Å². The molecule has 0 aromatic heterocycles. The van der Waals surface area contributed by atoms with Crippen molar-refractivity contribution in [2.45, 2.75) is 39.7 Å². The fraction of sp³-hybridized carbons (Fsp3) is 0.647. The van der Waals surface area contributed by atoms with Crippen molar-refractivity contribution in [3.63, 3.8) is 0 Å². The number of esters is 2. The number of carboxylic acid groups (broad SMARTS) is 2. The van der Waals surface area contributed by atoms with Gasteiger partial charge in [0.15, 0.2) is 6.79 Å². The molecule has 0 radical (unpaired) electrons. The van der Waals surface area contributed by atoms with Crippen LogP contribution in [0.5, 0.6) is 0 Å². The number of carboxylic acids is 2. The van der Waals surface area contributed by atoms with Gasteiger partial charge in [0.2, 0.25) is 0 Å². The number of aliphatic carboxylic acids is 2. The second-order valence-corrected chi connectivity index (χ2v) is 5.87. The number of hydrogen-bond acceptors (Lipinski definition) is 8. The Kier molecular flexibility index (Phi) is 11.5. The third kappa shape index (κ3) is 11.6. The Labute approximate surface area is 157 Å². The Morgan fingerprint density at radius 2 is 1.59 bits per heavy atom. The standard InChI is InChI=1S/C17H26O10/c1-10(2)26-9-24-5-6-25-15(20)8-13(7-14(18)19)27-17(23)12(4)11(3)16(21)22/h11-13H,1,5-9H2,2-4H3,(H,18,19)(H,21,22). The minimum atomic E-state index is -1.28. The molecule has 27 heavy (non-hydrogen) atoms. The van der Waals surface area contributed by atoms with Crippen molar-refractivity contribution in [1.29, 1.82) is 0 Å². The first kappa shape index (κ1) is 24.4. The van der Waals surface area contributed by atoms with E-state index in [0.717, 1.165) is 0 Å². The lowest BCUT2D eigenvalue weighted by atomic mass is 9.96. The lowest BCUT2D eigenvalue weighted by molar-refractivity contribution is -0.165. The van der Waals surface area contributed by atoms with Gasteiger partial charge >= 0.3 is 23.9 Å². The number of allylic oxidation sites excluding steroid dienone is 1. The first-order valence-electron chi connectivity index (χ1n) is 8.21. The third-order valence-electron chi connectivity index (χ3n) is 3.47. The van der Waals surface area contributed by atoms with E-state index in [2.05, 4.69) is 6.58 Å². The minimum Gasteiger partial charge on any atom is -0.481 e. The summed E-state index contributed by atoms with van der Waals surface area (Å²) >= 11 is 0. The summed E-state index contributed by atoms with van der Waals surface area (Å²) in [6.45, 7) is 7.73. The molecule has 0 aliphatic carbocycles. The van der Waals surface area contributed by atoms with E-state index in [9.17, 15) is 19.2 Å². The maximum Gasteiger partial charge on any atom is 0.309 e. The third-order valence-corrected chi connectivity index (χ3v) is 3.47. The van der Waals surface area contributed by atoms with Crippen LogP contribution in [0.15, 0.2) is 12.3 Å². The first-order chi connectivity index (χ1) is 12.5. The molecular formula is C17H26O10. The van der Waals surface area contributed by atoms with Gasteiger partial charge in [-0.15, -0.1) is 0 Å². The molecule has 0 fully saturated rings. The second kappa shape index (κ2) is 12.7. The molecular weight excluding hydrogens is 364 g/mol. The van der Waals surface area contributed by atoms with Crippen molar-refractivity contribution >= 4 is 23.9 Å². The van der Waals surface area contributed by atoms with E-state index in [-0.39, 0.29) is 20.0 Å². The van der Waals surface area contributed by atoms with Crippen LogP contribution in [0.25, 0.3) is 0 Å². The quantitative estimate of drug-likeness (QED) is 0.192. The Balaban J connectivity index is 4.45. The summed E-state index contributed by atoms with van der Waals surface area (Å²) in [6.07, 6.45) is -2.36. The fourth-order valence-corrected chi connectivity index (χ4v) is 1.70. The molecule has 0 heterocycles. The van der Waals surface area contributed by atoms with Gasteiger partial charge < -0.3 is 29.2 Å². The molecule has 0 aromatic carbocycles. The van der Waals surface area contributed by atoms with Crippen molar-refractivity contribution < 1.29 is 48.3 Å². The normalized spacial score (nSPS) is 13.7. The average Bonchev–Trinajstić information content (AvgIpc) is 2.55. The molecule has 0 spiro atoms. The number of hydrogen-bond donors (Lipinski definition) is 2. The van der Waals surface area contributed by atoms with Gasteiger partial charge in [-0.25, -0.2) is 0 Å². The van der Waals surface area contributed by atoms with Gasteiger partial charge in [-0.1, -0.05) is 20.4 Å². The summed E-state index contributed by atoms with van der Waals surface area (Å²) in [7, 11) is 0. The first-order valence-corrected chi connectivity index (χ1v) is 8.21. The van der Waals surface area contributed by atoms with Crippen molar-refractivity contribution in [3.8, 4) is 0 Å². The van der Waals surface area contributed by atoms with E-state index >= 15 is 0 Å². The Morgan fingerprint density at radius 3 is 2.11 bits per heavy atom. The van der Waals surface area contributed by atoms with Gasteiger partial charge in [0.1, 0.15) is 12.7 Å². The van der Waals surface area contributed by atoms with E-state index in [1.54, 1.807) is 6.92 Å². The summed E-state index contributed by atoms with van der Waals surface area (Å²) < 4.78 is 19.8. The van der Waals surface area contributed by atoms with Crippen LogP contribution in [-0.4, -0.2) is 60.2 Å². The topological polar surface area (TPSA) is 146 Å². The molecule has 0 saturated heterocycles. The summed E-state index contributed by atoms with van der Waals surface area (Å²) in [6, 6.07) is 0. The largest absolute Gasteiger partial charge is 0.481 e. The van der Waals surface area contributed by atoms with Crippen LogP contribution in [-0.2, 0) is 38.1 Å². The Hall–Kier alpha value is -2.62. The highest BCUT2D eigenvalue weighted by Gasteiger charge is 2.30. The van der Waals surface area contributed by atoms with E-state index < -0.39 is 54.7 Å². The number of carbonyl (C=O) groups is 4. The van der Waals surface area contributed by atoms with Crippen LogP contribution in [0, 0.1) is 11.8 Å². The maximum atomic E-state index is 12.0. The zero-order chi connectivity index (χ0) is 21.0. The number of rotatable bonds is 14. The zero-order valence-electron chi connectivity index (χ0n) is 15.6. The molecule has 2 N–H and O–H groups in total. The van der Waals surface area contributed by atoms with Gasteiger partial charge in [-0.05, 0) is 6.92 Å². The van der Waals surface area contributed by atoms with E-state index in [1.807, 2.05) is 0 Å². The predicted molar refractivity (Wildman–Crippen MR) is 90.4 cm³/mol. The van der Waals surface area contributed by atoms with E-state index in [0.29, 0.717) is 5.76 Å². The summed E-state index contributed by atoms with van der Waals surface area (Å²) in [4.78, 5) is 45.6. The van der Waals surface area contributed by atoms with Crippen molar-refractivity contribution in [2.24, 2.45) is 11.8 Å². The van der Waals surface area contributed by atoms with Crippen molar-refractivity contribution in [2.75, 3.05) is 20.0 Å². The molecule has 0 rings (SSSR count). The lowest BCUT2D eigenvalue weighted by Gasteiger charge is -2.20. The molecule has 10 nitrogen and oxygen atoms in total. The SMILES string of the molecule is C=C(C)OCOCCOC(=O)CC(CC(=O)O)OC(=O)C(C)C(C)C(=O)O. The van der Waals surface area contributed by atoms with Gasteiger partial charge in [-0.3, -0.25) is 19.2 Å². The van der Waals surface area contributed by atoms with Crippen LogP contribution in [0.2, 0.25) is 0 Å². The molecule has 154 valence electrons. The molecule has 0 saturated carbocycles. The van der Waals surface area contributed by atoms with E-state index in [1.165, 1.54) is 13.8 Å². The summed E-state index contributed by atoms with van der Waals surface area (Å²) in [5.74, 6) is -5.70. The van der Waals surface area contributed by atoms with Gasteiger partial charge in [-0.2, -0.15) is 0 Å². The van der Waals surface area contributed by atoms with E-state index in [4.69, 9.17) is 29.2 Å². The van der Waals surface area contributed by atoms with Crippen molar-refractivity contribution in [3.05, 3.63) is 12.3 Å². The fourth-order valence-electron chi connectivity index (χ4n) is 1.70. The average molecular weight is 390 g/mol. The monoisotopic (exact) mass is 390 g/mol. The molecule has 0 aromatic rings. The van der Waals surface area contributed by atoms with Crippen LogP contribution >= 0.6 is 0 Å². The molecule has 0 bridgehead atoms. The smallest absolute Gasteiger partial charge is 0.309 e. The minimum absolute atomic E-state index is 0.0498. The van der Waals surface area contributed by atoms with Crippen molar-refractivity contribution in [1.82, 2.24) is 0 Å². The molecule has 0 aliphatic rings. The van der Waals surface area contributed by atoms with Gasteiger partial charge in [0.25, 0.3) is 0 Å². The Bertz CT molecular complexity index is 542. The molecule has 10 heteroatoms. The van der Waals surface area contributed by atoms with Crippen LogP contribution in [0.4, 0.5) is 0 Å². The highest BCUT2D eigenvalue weighted by Crippen LogP contribution is 2.16. The molecule has 0 amide bonds. The predicted octanol–water partition coefficient (Wildman–Crippen LogP) is 1.19. The molecule has 0 aliphatic heterocycles. The molecule has 3 unspecified atom stereocenters. The highest BCUT2D eigenvalue weighted by molar-refractivity contribution is 5.81. The summed E-state index contributed by atoms with van der Waals surface area (Å²) in [5.41, 5.74) is 0. The molecule has 3 atom stereocenters. The zero-order valence-corrected chi connectivity index (χ0v) is 15.6. The van der Waals surface area contributed by atoms with Crippen LogP contribution < -0.4 is 0 Å². The van der Waals surface area contributed by atoms with Crippen LogP contribution in [0.3, 0.4) is 0 Å². The van der Waals surface area contributed by atoms with Crippen LogP contribution in [0.1, 0.15) is 33.6 Å². The second-order valence-electron chi connectivity index (χ2n) is 5.87.